The summed E-state index contributed by atoms with van der Waals surface area (Å²) in [4.78, 5) is 0. The van der Waals surface area contributed by atoms with Gasteiger partial charge in [-0.1, -0.05) is 80.2 Å². The van der Waals surface area contributed by atoms with Crippen LogP contribution in [0.2, 0.25) is 5.02 Å². The molecule has 2 aromatic rings. The molecule has 1 heteroatoms. The van der Waals surface area contributed by atoms with Crippen molar-refractivity contribution in [2.75, 3.05) is 0 Å². The van der Waals surface area contributed by atoms with Crippen LogP contribution in [0.3, 0.4) is 0 Å². The first-order valence-corrected chi connectivity index (χ1v) is 13.6. The Balaban J connectivity index is 1.18. The van der Waals surface area contributed by atoms with Crippen molar-refractivity contribution in [3.63, 3.8) is 0 Å². The van der Waals surface area contributed by atoms with E-state index in [4.69, 9.17) is 11.6 Å². The van der Waals surface area contributed by atoms with E-state index in [0.717, 1.165) is 39.8 Å². The van der Waals surface area contributed by atoms with Crippen LogP contribution in [0.15, 0.2) is 61.2 Å². The fourth-order valence-electron chi connectivity index (χ4n) is 5.93. The molecule has 0 saturated heterocycles. The molecule has 4 rings (SSSR count). The van der Waals surface area contributed by atoms with Crippen molar-refractivity contribution in [3.8, 4) is 11.8 Å². The lowest BCUT2D eigenvalue weighted by molar-refractivity contribution is 0.225. The summed E-state index contributed by atoms with van der Waals surface area (Å²) in [5, 5.41) is 0.752. The van der Waals surface area contributed by atoms with E-state index in [9.17, 15) is 0 Å². The largest absolute Gasteiger partial charge is 0.103 e. The average molecular weight is 459 g/mol. The maximum absolute atomic E-state index is 5.95. The van der Waals surface area contributed by atoms with Gasteiger partial charge < -0.3 is 0 Å². The Bertz CT molecular complexity index is 911. The Morgan fingerprint density at radius 2 is 1.12 bits per heavy atom. The zero-order valence-electron chi connectivity index (χ0n) is 20.1. The van der Waals surface area contributed by atoms with E-state index < -0.39 is 0 Å². The summed E-state index contributed by atoms with van der Waals surface area (Å²) in [5.74, 6) is 10.2. The molecular formula is C32H39Cl. The second-order valence-corrected chi connectivity index (χ2v) is 10.9. The van der Waals surface area contributed by atoms with Crippen LogP contribution in [-0.2, 0) is 0 Å². The van der Waals surface area contributed by atoms with Gasteiger partial charge in [0.2, 0.25) is 0 Å². The molecule has 0 bridgehead atoms. The minimum atomic E-state index is 0.736. The maximum Gasteiger partial charge on any atom is 0.0406 e. The number of hydrogen-bond acceptors (Lipinski definition) is 0. The van der Waals surface area contributed by atoms with Gasteiger partial charge in [0.25, 0.3) is 0 Å². The van der Waals surface area contributed by atoms with Gasteiger partial charge >= 0.3 is 0 Å². The van der Waals surface area contributed by atoms with Gasteiger partial charge in [-0.05, 0) is 104 Å². The van der Waals surface area contributed by atoms with E-state index in [2.05, 4.69) is 48.8 Å². The van der Waals surface area contributed by atoms with Gasteiger partial charge in [-0.3, -0.25) is 0 Å². The average Bonchev–Trinajstić information content (AvgIpc) is 2.87. The highest BCUT2D eigenvalue weighted by atomic mass is 35.5. The fraction of sp³-hybridized carbons (Fsp3) is 0.500. The molecular weight excluding hydrogens is 420 g/mol. The van der Waals surface area contributed by atoms with Gasteiger partial charge in [-0.2, -0.15) is 0 Å². The zero-order valence-corrected chi connectivity index (χ0v) is 20.8. The van der Waals surface area contributed by atoms with E-state index >= 15 is 0 Å². The molecule has 0 radical (unpaired) electrons. The van der Waals surface area contributed by atoms with E-state index in [0.29, 0.717) is 0 Å². The highest BCUT2D eigenvalue weighted by Gasteiger charge is 2.25. The minimum absolute atomic E-state index is 0.736. The molecule has 0 nitrogen and oxygen atoms in total. The van der Waals surface area contributed by atoms with Crippen LogP contribution in [0.1, 0.15) is 99.7 Å². The van der Waals surface area contributed by atoms with Crippen LogP contribution in [0.25, 0.3) is 0 Å². The summed E-state index contributed by atoms with van der Waals surface area (Å²) >= 11 is 5.95. The number of halogens is 1. The predicted molar refractivity (Wildman–Crippen MR) is 143 cm³/mol. The van der Waals surface area contributed by atoms with Crippen molar-refractivity contribution in [2.45, 2.75) is 83.0 Å². The number of hydrogen-bond donors (Lipinski definition) is 0. The molecule has 0 amide bonds. The standard InChI is InChI=1S/C32H39Cl/c1-2-3-4-25-5-7-26(8-6-25)9-10-27-13-19-30(20-14-27)31-21-15-28(16-22-31)11-12-29-17-23-32(33)24-18-29/h2,15-18,21-27,30H,1,3-10,13-14,19-20H2/t25-,26-,27-,30-. The molecule has 0 aromatic heterocycles. The third-order valence-electron chi connectivity index (χ3n) is 8.15. The molecule has 0 N–H and O–H groups in total. The zero-order chi connectivity index (χ0) is 22.9. The van der Waals surface area contributed by atoms with Gasteiger partial charge in [0, 0.05) is 16.1 Å². The van der Waals surface area contributed by atoms with Crippen LogP contribution in [-0.4, -0.2) is 0 Å². The third kappa shape index (κ3) is 7.52. The van der Waals surface area contributed by atoms with Crippen molar-refractivity contribution in [1.82, 2.24) is 0 Å². The summed E-state index contributed by atoms with van der Waals surface area (Å²) in [6, 6.07) is 16.7. The molecule has 2 aromatic carbocycles. The fourth-order valence-corrected chi connectivity index (χ4v) is 6.06. The second-order valence-electron chi connectivity index (χ2n) is 10.4. The van der Waals surface area contributed by atoms with E-state index in [-0.39, 0.29) is 0 Å². The quantitative estimate of drug-likeness (QED) is 0.286. The molecule has 0 spiro atoms. The predicted octanol–water partition coefficient (Wildman–Crippen LogP) is 9.57. The van der Waals surface area contributed by atoms with Gasteiger partial charge in [-0.25, -0.2) is 0 Å². The lowest BCUT2D eigenvalue weighted by Crippen LogP contribution is -2.17. The summed E-state index contributed by atoms with van der Waals surface area (Å²) in [5.41, 5.74) is 3.59. The van der Waals surface area contributed by atoms with Gasteiger partial charge in [0.1, 0.15) is 0 Å². The molecule has 0 heterocycles. The van der Waals surface area contributed by atoms with Crippen molar-refractivity contribution in [1.29, 1.82) is 0 Å². The SMILES string of the molecule is C=CCC[C@H]1CC[C@H](CC[C@H]2CC[C@H](c3ccc(C#Cc4ccc(Cl)cc4)cc3)CC2)CC1. The Morgan fingerprint density at radius 3 is 1.64 bits per heavy atom. The Labute approximate surface area is 206 Å². The number of rotatable bonds is 7. The number of benzene rings is 2. The number of allylic oxidation sites excluding steroid dienone is 1. The minimum Gasteiger partial charge on any atom is -0.103 e. The highest BCUT2D eigenvalue weighted by Crippen LogP contribution is 2.40. The van der Waals surface area contributed by atoms with Gasteiger partial charge in [-0.15, -0.1) is 6.58 Å². The Morgan fingerprint density at radius 1 is 0.667 bits per heavy atom. The van der Waals surface area contributed by atoms with Crippen LogP contribution in [0.4, 0.5) is 0 Å². The van der Waals surface area contributed by atoms with Crippen LogP contribution < -0.4 is 0 Å². The van der Waals surface area contributed by atoms with Gasteiger partial charge in [0.05, 0.1) is 0 Å². The normalized spacial score (nSPS) is 25.1. The Hall–Kier alpha value is -1.97. The summed E-state index contributed by atoms with van der Waals surface area (Å²) in [6.45, 7) is 3.88. The first-order valence-electron chi connectivity index (χ1n) is 13.2. The first kappa shape index (κ1) is 24.2. The molecule has 0 atom stereocenters. The topological polar surface area (TPSA) is 0 Å². The van der Waals surface area contributed by atoms with Crippen molar-refractivity contribution >= 4 is 11.6 Å². The molecule has 0 unspecified atom stereocenters. The smallest absolute Gasteiger partial charge is 0.0406 e. The second kappa shape index (κ2) is 12.5. The van der Waals surface area contributed by atoms with E-state index in [1.54, 1.807) is 0 Å². The molecule has 2 aliphatic carbocycles. The van der Waals surface area contributed by atoms with E-state index in [1.165, 1.54) is 82.6 Å². The molecule has 2 fully saturated rings. The first-order chi connectivity index (χ1) is 16.2. The summed E-state index contributed by atoms with van der Waals surface area (Å²) < 4.78 is 0. The lowest BCUT2D eigenvalue weighted by atomic mass is 9.74. The summed E-state index contributed by atoms with van der Waals surface area (Å²) in [6.07, 6.45) is 19.0. The highest BCUT2D eigenvalue weighted by molar-refractivity contribution is 6.30. The van der Waals surface area contributed by atoms with Crippen molar-refractivity contribution < 1.29 is 0 Å². The van der Waals surface area contributed by atoms with Crippen LogP contribution in [0.5, 0.6) is 0 Å². The molecule has 2 aliphatic rings. The summed E-state index contributed by atoms with van der Waals surface area (Å²) in [7, 11) is 0. The third-order valence-corrected chi connectivity index (χ3v) is 8.40. The maximum atomic E-state index is 5.95. The monoisotopic (exact) mass is 458 g/mol. The Kier molecular flexibility index (Phi) is 9.14. The molecule has 174 valence electrons. The van der Waals surface area contributed by atoms with Gasteiger partial charge in [0.15, 0.2) is 0 Å². The van der Waals surface area contributed by atoms with Crippen LogP contribution >= 0.6 is 11.6 Å². The van der Waals surface area contributed by atoms with Crippen LogP contribution in [0, 0.1) is 29.6 Å². The van der Waals surface area contributed by atoms with E-state index in [1.807, 2.05) is 24.3 Å². The molecule has 0 aliphatic heterocycles. The van der Waals surface area contributed by atoms with Crippen molar-refractivity contribution in [2.24, 2.45) is 17.8 Å². The lowest BCUT2D eigenvalue weighted by Gasteiger charge is -2.32. The molecule has 33 heavy (non-hydrogen) atoms. The molecule has 2 saturated carbocycles. The van der Waals surface area contributed by atoms with Crippen molar-refractivity contribution in [3.05, 3.63) is 82.9 Å².